The van der Waals surface area contributed by atoms with Crippen molar-refractivity contribution in [1.29, 1.82) is 0 Å². The first-order chi connectivity index (χ1) is 8.22. The molecule has 2 rings (SSSR count). The average Bonchev–Trinajstić information content (AvgIpc) is 2.39. The fourth-order valence-electron chi connectivity index (χ4n) is 1.68. The van der Waals surface area contributed by atoms with Crippen molar-refractivity contribution in [1.82, 2.24) is 0 Å². The van der Waals surface area contributed by atoms with E-state index < -0.39 is 5.97 Å². The lowest BCUT2D eigenvalue weighted by atomic mass is 10.0. The van der Waals surface area contributed by atoms with Crippen molar-refractivity contribution in [2.45, 2.75) is 4.90 Å². The van der Waals surface area contributed by atoms with Gasteiger partial charge >= 0.3 is 5.97 Å². The molecule has 2 aromatic carbocycles. The molecule has 0 aromatic heterocycles. The molecule has 86 valence electrons. The first-order valence-electron chi connectivity index (χ1n) is 5.19. The molecular formula is C14H12O2S. The first kappa shape index (κ1) is 11.7. The zero-order chi connectivity index (χ0) is 12.3. The molecule has 0 bridgehead atoms. The van der Waals surface area contributed by atoms with Crippen LogP contribution in [0.3, 0.4) is 0 Å². The van der Waals surface area contributed by atoms with E-state index in [1.165, 1.54) is 0 Å². The Morgan fingerprint density at radius 2 is 1.82 bits per heavy atom. The van der Waals surface area contributed by atoms with Gasteiger partial charge in [0.1, 0.15) is 0 Å². The van der Waals surface area contributed by atoms with Gasteiger partial charge in [0.15, 0.2) is 0 Å². The molecule has 3 heteroatoms. The lowest BCUT2D eigenvalue weighted by Crippen LogP contribution is -1.96. The summed E-state index contributed by atoms with van der Waals surface area (Å²) >= 11 is 1.56. The maximum absolute atomic E-state index is 10.9. The van der Waals surface area contributed by atoms with Crippen LogP contribution in [0.2, 0.25) is 0 Å². The second-order valence-corrected chi connectivity index (χ2v) is 4.43. The summed E-state index contributed by atoms with van der Waals surface area (Å²) in [6, 6.07) is 15.2. The third-order valence-electron chi connectivity index (χ3n) is 2.53. The van der Waals surface area contributed by atoms with Crippen LogP contribution in [-0.2, 0) is 0 Å². The Balaban J connectivity index is 2.52. The minimum Gasteiger partial charge on any atom is -0.478 e. The molecule has 0 atom stereocenters. The van der Waals surface area contributed by atoms with E-state index in [-0.39, 0.29) is 0 Å². The van der Waals surface area contributed by atoms with Crippen LogP contribution in [0.25, 0.3) is 11.1 Å². The predicted molar refractivity (Wildman–Crippen MR) is 70.6 cm³/mol. The summed E-state index contributed by atoms with van der Waals surface area (Å²) in [4.78, 5) is 11.9. The van der Waals surface area contributed by atoms with E-state index >= 15 is 0 Å². The molecule has 0 aliphatic carbocycles. The largest absolute Gasteiger partial charge is 0.478 e. The second kappa shape index (κ2) is 5.06. The summed E-state index contributed by atoms with van der Waals surface area (Å²) in [5.41, 5.74) is 2.51. The standard InChI is InChI=1S/C14H12O2S/c1-17-13-9-11(14(15)16)7-8-12(13)10-5-3-2-4-6-10/h2-9H,1H3,(H,15,16). The zero-order valence-corrected chi connectivity index (χ0v) is 10.2. The normalized spacial score (nSPS) is 10.2. The van der Waals surface area contributed by atoms with E-state index in [1.54, 1.807) is 23.9 Å². The molecule has 0 aliphatic rings. The Labute approximate surface area is 104 Å². The molecular weight excluding hydrogens is 232 g/mol. The quantitative estimate of drug-likeness (QED) is 0.835. The Bertz CT molecular complexity index is 535. The predicted octanol–water partition coefficient (Wildman–Crippen LogP) is 3.77. The van der Waals surface area contributed by atoms with Crippen LogP contribution in [-0.4, -0.2) is 17.3 Å². The number of carboxylic acids is 1. The molecule has 2 nitrogen and oxygen atoms in total. The van der Waals surface area contributed by atoms with Crippen LogP contribution in [0.4, 0.5) is 0 Å². The summed E-state index contributed by atoms with van der Waals surface area (Å²) in [7, 11) is 0. The molecule has 0 aliphatic heterocycles. The fraction of sp³-hybridized carbons (Fsp3) is 0.0714. The lowest BCUT2D eigenvalue weighted by Gasteiger charge is -2.08. The Morgan fingerprint density at radius 3 is 2.41 bits per heavy atom. The Hall–Kier alpha value is -1.74. The molecule has 0 fully saturated rings. The molecule has 2 aromatic rings. The van der Waals surface area contributed by atoms with E-state index in [0.29, 0.717) is 5.56 Å². The average molecular weight is 244 g/mol. The van der Waals surface area contributed by atoms with Crippen molar-refractivity contribution in [3.63, 3.8) is 0 Å². The van der Waals surface area contributed by atoms with E-state index in [1.807, 2.05) is 42.7 Å². The number of aromatic carboxylic acids is 1. The van der Waals surface area contributed by atoms with Gasteiger partial charge in [-0.3, -0.25) is 0 Å². The highest BCUT2D eigenvalue weighted by atomic mass is 32.2. The number of benzene rings is 2. The van der Waals surface area contributed by atoms with Gasteiger partial charge in [-0.15, -0.1) is 11.8 Å². The van der Waals surface area contributed by atoms with E-state index in [2.05, 4.69) is 0 Å². The number of thioether (sulfide) groups is 1. The summed E-state index contributed by atoms with van der Waals surface area (Å²) in [6.07, 6.45) is 1.95. The van der Waals surface area contributed by atoms with Crippen LogP contribution in [0.1, 0.15) is 10.4 Å². The van der Waals surface area contributed by atoms with Crippen molar-refractivity contribution in [2.24, 2.45) is 0 Å². The molecule has 1 N–H and O–H groups in total. The minimum atomic E-state index is -0.889. The number of carboxylic acid groups (broad SMARTS) is 1. The highest BCUT2D eigenvalue weighted by Crippen LogP contribution is 2.30. The Kier molecular flexibility index (Phi) is 3.49. The van der Waals surface area contributed by atoms with Gasteiger partial charge in [-0.25, -0.2) is 4.79 Å². The van der Waals surface area contributed by atoms with Crippen molar-refractivity contribution in [3.05, 3.63) is 54.1 Å². The number of carbonyl (C=O) groups is 1. The third-order valence-corrected chi connectivity index (χ3v) is 3.31. The zero-order valence-electron chi connectivity index (χ0n) is 9.38. The van der Waals surface area contributed by atoms with Gasteiger partial charge < -0.3 is 5.11 Å². The lowest BCUT2D eigenvalue weighted by molar-refractivity contribution is 0.0696. The Morgan fingerprint density at radius 1 is 1.12 bits per heavy atom. The summed E-state index contributed by atoms with van der Waals surface area (Å²) in [6.45, 7) is 0. The van der Waals surface area contributed by atoms with Crippen LogP contribution < -0.4 is 0 Å². The summed E-state index contributed by atoms with van der Waals surface area (Å²) in [5.74, 6) is -0.889. The first-order valence-corrected chi connectivity index (χ1v) is 6.41. The number of rotatable bonds is 3. The van der Waals surface area contributed by atoms with Gasteiger partial charge in [0.05, 0.1) is 5.56 Å². The van der Waals surface area contributed by atoms with Crippen molar-refractivity contribution in [3.8, 4) is 11.1 Å². The highest BCUT2D eigenvalue weighted by Gasteiger charge is 2.08. The summed E-state index contributed by atoms with van der Waals surface area (Å²) in [5, 5.41) is 8.96. The highest BCUT2D eigenvalue weighted by molar-refractivity contribution is 7.98. The number of hydrogen-bond donors (Lipinski definition) is 1. The van der Waals surface area contributed by atoms with Crippen LogP contribution in [0.5, 0.6) is 0 Å². The van der Waals surface area contributed by atoms with Gasteiger partial charge in [0.2, 0.25) is 0 Å². The summed E-state index contributed by atoms with van der Waals surface area (Å²) < 4.78 is 0. The molecule has 17 heavy (non-hydrogen) atoms. The maximum Gasteiger partial charge on any atom is 0.335 e. The third kappa shape index (κ3) is 2.50. The van der Waals surface area contributed by atoms with Gasteiger partial charge in [-0.1, -0.05) is 36.4 Å². The minimum absolute atomic E-state index is 0.328. The smallest absolute Gasteiger partial charge is 0.335 e. The van der Waals surface area contributed by atoms with E-state index in [4.69, 9.17) is 5.11 Å². The van der Waals surface area contributed by atoms with Crippen LogP contribution >= 0.6 is 11.8 Å². The van der Waals surface area contributed by atoms with Gasteiger partial charge in [0.25, 0.3) is 0 Å². The number of hydrogen-bond acceptors (Lipinski definition) is 2. The fourth-order valence-corrected chi connectivity index (χ4v) is 2.33. The van der Waals surface area contributed by atoms with Crippen molar-refractivity contribution in [2.75, 3.05) is 6.26 Å². The van der Waals surface area contributed by atoms with Crippen LogP contribution in [0.15, 0.2) is 53.4 Å². The van der Waals surface area contributed by atoms with Gasteiger partial charge in [-0.2, -0.15) is 0 Å². The topological polar surface area (TPSA) is 37.3 Å². The van der Waals surface area contributed by atoms with Gasteiger partial charge in [-0.05, 0) is 29.5 Å². The van der Waals surface area contributed by atoms with E-state index in [0.717, 1.165) is 16.0 Å². The molecule has 0 saturated heterocycles. The van der Waals surface area contributed by atoms with Gasteiger partial charge in [0, 0.05) is 4.90 Å². The molecule has 0 radical (unpaired) electrons. The SMILES string of the molecule is CSc1cc(C(=O)O)ccc1-c1ccccc1. The van der Waals surface area contributed by atoms with Crippen LogP contribution in [0, 0.1) is 0 Å². The van der Waals surface area contributed by atoms with Crippen molar-refractivity contribution < 1.29 is 9.90 Å². The second-order valence-electron chi connectivity index (χ2n) is 3.59. The molecule has 0 amide bonds. The monoisotopic (exact) mass is 244 g/mol. The van der Waals surface area contributed by atoms with E-state index in [9.17, 15) is 4.79 Å². The molecule has 0 heterocycles. The molecule has 0 saturated carbocycles. The molecule has 0 spiro atoms. The molecule has 0 unspecified atom stereocenters. The van der Waals surface area contributed by atoms with Crippen molar-refractivity contribution >= 4 is 17.7 Å². The maximum atomic E-state index is 10.9.